The van der Waals surface area contributed by atoms with Crippen molar-refractivity contribution in [3.05, 3.63) is 69.0 Å². The minimum atomic E-state index is -0.541. The standard InChI is InChI=1S/C24H27BrN2O3.C2H6/c1-2-30-24(29)27-12-10-17(11-13-27)22-21-5-3-4-20(28)9-8-16(21)6-7-18-14-19(25)15-26-23(18)22;1-2/h3-4,8-9,14-15,20,28H,2,5-7,10-13H2,1H3;1-2H3/b4-3-,9-8?;. The van der Waals surface area contributed by atoms with Crippen LogP contribution >= 0.6 is 15.9 Å². The van der Waals surface area contributed by atoms with Crippen LogP contribution in [-0.4, -0.2) is 46.9 Å². The molecule has 1 aromatic rings. The molecule has 0 saturated carbocycles. The van der Waals surface area contributed by atoms with Crippen LogP contribution in [0.2, 0.25) is 0 Å². The summed E-state index contributed by atoms with van der Waals surface area (Å²) in [7, 11) is 0. The van der Waals surface area contributed by atoms with Crippen LogP contribution in [0.3, 0.4) is 0 Å². The second kappa shape index (κ2) is 11.6. The highest BCUT2D eigenvalue weighted by molar-refractivity contribution is 9.10. The molecule has 172 valence electrons. The zero-order chi connectivity index (χ0) is 23.1. The maximum Gasteiger partial charge on any atom is 0.409 e. The van der Waals surface area contributed by atoms with Gasteiger partial charge in [0.1, 0.15) is 0 Å². The molecule has 0 radical (unpaired) electrons. The normalized spacial score (nSPS) is 21.4. The molecule has 32 heavy (non-hydrogen) atoms. The van der Waals surface area contributed by atoms with Crippen molar-refractivity contribution in [3.63, 3.8) is 0 Å². The number of carbonyl (C=O) groups is 1. The van der Waals surface area contributed by atoms with Gasteiger partial charge in [-0.05, 0) is 77.7 Å². The smallest absolute Gasteiger partial charge is 0.409 e. The SMILES string of the molecule is CC.CCOC(=O)N1CCC(=C2C3=C(C=CC(O)/C=C\C3)CCc3cc(Br)cnc32)CC1. The molecule has 0 spiro atoms. The molecule has 1 saturated heterocycles. The molecule has 1 aliphatic heterocycles. The van der Waals surface area contributed by atoms with Crippen molar-refractivity contribution in [1.82, 2.24) is 9.88 Å². The van der Waals surface area contributed by atoms with Crippen molar-refractivity contribution in [2.24, 2.45) is 0 Å². The van der Waals surface area contributed by atoms with Gasteiger partial charge in [0.05, 0.1) is 18.4 Å². The van der Waals surface area contributed by atoms with Gasteiger partial charge in [-0.15, -0.1) is 0 Å². The molecule has 1 amide bonds. The molecule has 2 aliphatic carbocycles. The van der Waals surface area contributed by atoms with Crippen LogP contribution < -0.4 is 0 Å². The minimum absolute atomic E-state index is 0.226. The molecule has 1 aromatic heterocycles. The minimum Gasteiger partial charge on any atom is -0.450 e. The first-order valence-electron chi connectivity index (χ1n) is 11.6. The van der Waals surface area contributed by atoms with E-state index in [9.17, 15) is 9.90 Å². The fourth-order valence-corrected chi connectivity index (χ4v) is 4.83. The number of amides is 1. The maximum absolute atomic E-state index is 12.1. The molecule has 3 aliphatic rings. The van der Waals surface area contributed by atoms with Crippen LogP contribution in [-0.2, 0) is 11.2 Å². The van der Waals surface area contributed by atoms with Gasteiger partial charge in [-0.3, -0.25) is 4.98 Å². The zero-order valence-corrected chi connectivity index (χ0v) is 20.8. The quantitative estimate of drug-likeness (QED) is 0.480. The number of aliphatic hydroxyl groups is 1. The van der Waals surface area contributed by atoms with Gasteiger partial charge in [0.15, 0.2) is 0 Å². The molecule has 5 nitrogen and oxygen atoms in total. The fraction of sp³-hybridized carbons (Fsp3) is 0.462. The van der Waals surface area contributed by atoms with Crippen LogP contribution in [0.4, 0.5) is 4.79 Å². The van der Waals surface area contributed by atoms with Crippen LogP contribution in [0, 0.1) is 0 Å². The average Bonchev–Trinajstić information content (AvgIpc) is 2.94. The summed E-state index contributed by atoms with van der Waals surface area (Å²) < 4.78 is 6.17. The number of likely N-dealkylation sites (tertiary alicyclic amines) is 1. The molecular weight excluding hydrogens is 468 g/mol. The lowest BCUT2D eigenvalue weighted by molar-refractivity contribution is 0.104. The maximum atomic E-state index is 12.1. The number of pyridine rings is 1. The number of carbonyl (C=O) groups excluding carboxylic acids is 1. The first kappa shape index (κ1) is 24.5. The van der Waals surface area contributed by atoms with E-state index in [1.165, 1.54) is 27.9 Å². The van der Waals surface area contributed by atoms with Gasteiger partial charge >= 0.3 is 6.09 Å². The summed E-state index contributed by atoms with van der Waals surface area (Å²) in [5.41, 5.74) is 7.45. The number of aryl methyl sites for hydroxylation is 1. The summed E-state index contributed by atoms with van der Waals surface area (Å²) in [4.78, 5) is 18.8. The zero-order valence-electron chi connectivity index (χ0n) is 19.2. The predicted octanol–water partition coefficient (Wildman–Crippen LogP) is 6.00. The highest BCUT2D eigenvalue weighted by Gasteiger charge is 2.28. The van der Waals surface area contributed by atoms with Crippen molar-refractivity contribution >= 4 is 27.6 Å². The summed E-state index contributed by atoms with van der Waals surface area (Å²) in [6.07, 6.45) is 13.2. The molecule has 6 heteroatoms. The first-order valence-corrected chi connectivity index (χ1v) is 12.4. The number of piperidine rings is 1. The number of ether oxygens (including phenoxy) is 1. The van der Waals surface area contributed by atoms with E-state index in [4.69, 9.17) is 9.72 Å². The molecule has 0 aromatic carbocycles. The van der Waals surface area contributed by atoms with Crippen molar-refractivity contribution in [3.8, 4) is 0 Å². The van der Waals surface area contributed by atoms with E-state index >= 15 is 0 Å². The van der Waals surface area contributed by atoms with Gasteiger partial charge in [-0.1, -0.05) is 43.7 Å². The number of fused-ring (bicyclic) bond motifs is 1. The molecule has 1 unspecified atom stereocenters. The third kappa shape index (κ3) is 5.59. The van der Waals surface area contributed by atoms with Gasteiger partial charge in [0.25, 0.3) is 0 Å². The van der Waals surface area contributed by atoms with Crippen LogP contribution in [0.1, 0.15) is 57.7 Å². The van der Waals surface area contributed by atoms with Gasteiger partial charge < -0.3 is 14.7 Å². The van der Waals surface area contributed by atoms with Crippen LogP contribution in [0.5, 0.6) is 0 Å². The van der Waals surface area contributed by atoms with Crippen LogP contribution in [0.25, 0.3) is 5.57 Å². The van der Waals surface area contributed by atoms with Gasteiger partial charge in [-0.25, -0.2) is 4.79 Å². The Bertz CT molecular complexity index is 952. The number of allylic oxidation sites excluding steroid dienone is 5. The topological polar surface area (TPSA) is 62.7 Å². The molecular formula is C26H33BrN2O3. The Kier molecular flexibility index (Phi) is 8.88. The van der Waals surface area contributed by atoms with E-state index in [1.807, 2.05) is 39.1 Å². The van der Waals surface area contributed by atoms with E-state index in [2.05, 4.69) is 34.1 Å². The molecule has 2 heterocycles. The monoisotopic (exact) mass is 500 g/mol. The third-order valence-electron chi connectivity index (χ3n) is 5.92. The molecule has 4 rings (SSSR count). The fourth-order valence-electron chi connectivity index (χ4n) is 4.45. The predicted molar refractivity (Wildman–Crippen MR) is 132 cm³/mol. The van der Waals surface area contributed by atoms with Gasteiger partial charge in [0.2, 0.25) is 0 Å². The van der Waals surface area contributed by atoms with Crippen molar-refractivity contribution in [1.29, 1.82) is 0 Å². The molecule has 1 fully saturated rings. The Hall–Kier alpha value is -2.18. The number of aromatic nitrogens is 1. The van der Waals surface area contributed by atoms with Crippen molar-refractivity contribution < 1.29 is 14.6 Å². The Morgan fingerprint density at radius 3 is 2.69 bits per heavy atom. The van der Waals surface area contributed by atoms with Crippen molar-refractivity contribution in [2.45, 2.75) is 59.0 Å². The van der Waals surface area contributed by atoms with E-state index in [0.29, 0.717) is 19.7 Å². The summed E-state index contributed by atoms with van der Waals surface area (Å²) in [5, 5.41) is 10.0. The number of nitrogens with zero attached hydrogens (tertiary/aromatic N) is 2. The lowest BCUT2D eigenvalue weighted by Crippen LogP contribution is -2.37. The number of hydrogen-bond acceptors (Lipinski definition) is 4. The first-order chi connectivity index (χ1) is 15.6. The van der Waals surface area contributed by atoms with Crippen molar-refractivity contribution in [2.75, 3.05) is 19.7 Å². The second-order valence-corrected chi connectivity index (χ2v) is 8.73. The Morgan fingerprint density at radius 1 is 1.22 bits per heavy atom. The number of aliphatic hydroxyl groups excluding tert-OH is 1. The number of hydrogen-bond donors (Lipinski definition) is 1. The van der Waals surface area contributed by atoms with E-state index in [1.54, 1.807) is 4.90 Å². The van der Waals surface area contributed by atoms with Crippen LogP contribution in [0.15, 0.2) is 57.8 Å². The molecule has 1 N–H and O–H groups in total. The van der Waals surface area contributed by atoms with E-state index < -0.39 is 6.10 Å². The molecule has 1 atom stereocenters. The number of rotatable bonds is 1. The lowest BCUT2D eigenvalue weighted by atomic mass is 9.86. The highest BCUT2D eigenvalue weighted by Crippen LogP contribution is 2.41. The number of halogens is 1. The second-order valence-electron chi connectivity index (χ2n) is 7.81. The summed E-state index contributed by atoms with van der Waals surface area (Å²) in [6, 6.07) is 2.17. The lowest BCUT2D eigenvalue weighted by Gasteiger charge is -2.30. The summed E-state index contributed by atoms with van der Waals surface area (Å²) in [5.74, 6) is 0. The van der Waals surface area contributed by atoms with Gasteiger partial charge in [-0.2, -0.15) is 0 Å². The van der Waals surface area contributed by atoms with E-state index in [-0.39, 0.29) is 6.09 Å². The van der Waals surface area contributed by atoms with Gasteiger partial charge in [0, 0.05) is 29.3 Å². The average molecular weight is 501 g/mol. The largest absolute Gasteiger partial charge is 0.450 e. The Morgan fingerprint density at radius 2 is 1.97 bits per heavy atom. The highest BCUT2D eigenvalue weighted by atomic mass is 79.9. The summed E-state index contributed by atoms with van der Waals surface area (Å²) in [6.45, 7) is 7.56. The Balaban J connectivity index is 0.00000141. The third-order valence-corrected chi connectivity index (χ3v) is 6.35. The van der Waals surface area contributed by atoms with E-state index in [0.717, 1.165) is 42.3 Å². The Labute approximate surface area is 199 Å². The molecule has 0 bridgehead atoms. The summed E-state index contributed by atoms with van der Waals surface area (Å²) >= 11 is 3.57.